The first kappa shape index (κ1) is 18.1. The van der Waals surface area contributed by atoms with Crippen molar-refractivity contribution in [3.63, 3.8) is 0 Å². The number of rotatable bonds is 6. The van der Waals surface area contributed by atoms with E-state index >= 15 is 0 Å². The number of ether oxygens (including phenoxy) is 1. The summed E-state index contributed by atoms with van der Waals surface area (Å²) < 4.78 is 5.27. The maximum atomic E-state index is 12.6. The lowest BCUT2D eigenvalue weighted by Gasteiger charge is -2.13. The number of carbonyl (C=O) groups is 1. The number of hydrogen-bond acceptors (Lipinski definition) is 2. The molecular weight excluding hydrogens is 348 g/mol. The highest BCUT2D eigenvalue weighted by Crippen LogP contribution is 2.25. The Bertz CT molecular complexity index is 1130. The van der Waals surface area contributed by atoms with E-state index in [1.54, 1.807) is 7.11 Å². The Kier molecular flexibility index (Phi) is 5.02. The highest BCUT2D eigenvalue weighted by molar-refractivity contribution is 5.88. The van der Waals surface area contributed by atoms with E-state index in [9.17, 15) is 4.79 Å². The van der Waals surface area contributed by atoms with Crippen molar-refractivity contribution in [2.24, 2.45) is 0 Å². The van der Waals surface area contributed by atoms with Crippen LogP contribution < -0.4 is 10.1 Å². The molecule has 0 bridgehead atoms. The molecule has 0 unspecified atom stereocenters. The molecule has 0 fully saturated rings. The molecule has 2 N–H and O–H groups in total. The molecule has 1 aromatic heterocycles. The van der Waals surface area contributed by atoms with E-state index in [4.69, 9.17) is 4.74 Å². The van der Waals surface area contributed by atoms with Crippen LogP contribution in [0.15, 0.2) is 66.9 Å². The topological polar surface area (TPSA) is 54.1 Å². The molecule has 0 saturated heterocycles. The van der Waals surface area contributed by atoms with Gasteiger partial charge in [-0.2, -0.15) is 0 Å². The summed E-state index contributed by atoms with van der Waals surface area (Å²) in [6, 6.07) is 20.3. The number of aromatic amines is 1. The maximum Gasteiger partial charge on any atom is 0.227 e. The van der Waals surface area contributed by atoms with Gasteiger partial charge in [-0.1, -0.05) is 42.5 Å². The van der Waals surface area contributed by atoms with Crippen LogP contribution in [-0.4, -0.2) is 24.5 Å². The Hall–Kier alpha value is -3.27. The second kappa shape index (κ2) is 7.77. The molecule has 1 atom stereocenters. The van der Waals surface area contributed by atoms with Crippen LogP contribution in [0.5, 0.6) is 5.75 Å². The maximum absolute atomic E-state index is 12.6. The molecular formula is C24H24N2O2. The number of benzene rings is 3. The van der Waals surface area contributed by atoms with Gasteiger partial charge in [-0.25, -0.2) is 0 Å². The van der Waals surface area contributed by atoms with Crippen molar-refractivity contribution in [3.8, 4) is 5.75 Å². The van der Waals surface area contributed by atoms with Crippen molar-refractivity contribution in [2.45, 2.75) is 19.3 Å². The number of para-hydroxylation sites is 1. The van der Waals surface area contributed by atoms with Gasteiger partial charge in [0.1, 0.15) is 5.75 Å². The Morgan fingerprint density at radius 1 is 1.07 bits per heavy atom. The summed E-state index contributed by atoms with van der Waals surface area (Å²) in [6.07, 6.45) is 2.83. The largest absolute Gasteiger partial charge is 0.497 e. The minimum absolute atomic E-state index is 0.0488. The van der Waals surface area contributed by atoms with Crippen molar-refractivity contribution in [1.82, 2.24) is 10.3 Å². The van der Waals surface area contributed by atoms with Crippen LogP contribution in [0.3, 0.4) is 0 Å². The first-order chi connectivity index (χ1) is 13.7. The molecule has 1 heterocycles. The molecule has 4 nitrogen and oxygen atoms in total. The SMILES string of the molecule is COc1ccc2cc([C@H](C)C(=O)NCCc3c[nH]c4ccccc34)ccc2c1. The molecule has 142 valence electrons. The van der Waals surface area contributed by atoms with Crippen LogP contribution in [0.25, 0.3) is 21.7 Å². The zero-order valence-corrected chi connectivity index (χ0v) is 16.2. The number of methoxy groups -OCH3 is 1. The summed E-state index contributed by atoms with van der Waals surface area (Å²) in [6.45, 7) is 2.57. The second-order valence-electron chi connectivity index (χ2n) is 7.09. The molecule has 4 heteroatoms. The van der Waals surface area contributed by atoms with Gasteiger partial charge in [0.2, 0.25) is 5.91 Å². The summed E-state index contributed by atoms with van der Waals surface area (Å²) in [7, 11) is 1.66. The monoisotopic (exact) mass is 372 g/mol. The highest BCUT2D eigenvalue weighted by atomic mass is 16.5. The molecule has 1 amide bonds. The summed E-state index contributed by atoms with van der Waals surface area (Å²) in [4.78, 5) is 15.9. The Balaban J connectivity index is 1.41. The Morgan fingerprint density at radius 2 is 1.86 bits per heavy atom. The molecule has 0 aliphatic carbocycles. The average Bonchev–Trinajstić information content (AvgIpc) is 3.15. The lowest BCUT2D eigenvalue weighted by Crippen LogP contribution is -2.29. The number of fused-ring (bicyclic) bond motifs is 2. The van der Waals surface area contributed by atoms with Gasteiger partial charge in [0.25, 0.3) is 0 Å². The molecule has 4 rings (SSSR count). The van der Waals surface area contributed by atoms with E-state index in [1.807, 2.05) is 55.6 Å². The smallest absolute Gasteiger partial charge is 0.227 e. The van der Waals surface area contributed by atoms with Crippen LogP contribution in [0.1, 0.15) is 24.0 Å². The molecule has 3 aromatic carbocycles. The second-order valence-corrected chi connectivity index (χ2v) is 7.09. The molecule has 28 heavy (non-hydrogen) atoms. The van der Waals surface area contributed by atoms with Crippen LogP contribution in [-0.2, 0) is 11.2 Å². The number of aromatic nitrogens is 1. The number of hydrogen-bond donors (Lipinski definition) is 2. The molecule has 0 saturated carbocycles. The van der Waals surface area contributed by atoms with Crippen molar-refractivity contribution < 1.29 is 9.53 Å². The fourth-order valence-electron chi connectivity index (χ4n) is 3.60. The highest BCUT2D eigenvalue weighted by Gasteiger charge is 2.15. The van der Waals surface area contributed by atoms with E-state index in [1.165, 1.54) is 10.9 Å². The van der Waals surface area contributed by atoms with Crippen LogP contribution in [0.2, 0.25) is 0 Å². The zero-order chi connectivity index (χ0) is 19.5. The van der Waals surface area contributed by atoms with Crippen molar-refractivity contribution >= 4 is 27.6 Å². The van der Waals surface area contributed by atoms with Gasteiger partial charge in [0.15, 0.2) is 0 Å². The third kappa shape index (κ3) is 3.58. The number of nitrogens with one attached hydrogen (secondary N) is 2. The first-order valence-corrected chi connectivity index (χ1v) is 9.56. The average molecular weight is 372 g/mol. The minimum Gasteiger partial charge on any atom is -0.497 e. The minimum atomic E-state index is -0.200. The van der Waals surface area contributed by atoms with Gasteiger partial charge in [0, 0.05) is 23.6 Å². The van der Waals surface area contributed by atoms with Gasteiger partial charge < -0.3 is 15.0 Å². The summed E-state index contributed by atoms with van der Waals surface area (Å²) in [5.74, 6) is 0.686. The third-order valence-electron chi connectivity index (χ3n) is 5.33. The van der Waals surface area contributed by atoms with Crippen LogP contribution in [0.4, 0.5) is 0 Å². The van der Waals surface area contributed by atoms with E-state index < -0.39 is 0 Å². The summed E-state index contributed by atoms with van der Waals surface area (Å²) >= 11 is 0. The summed E-state index contributed by atoms with van der Waals surface area (Å²) in [5.41, 5.74) is 3.37. The van der Waals surface area contributed by atoms with Gasteiger partial charge >= 0.3 is 0 Å². The Morgan fingerprint density at radius 3 is 2.71 bits per heavy atom. The third-order valence-corrected chi connectivity index (χ3v) is 5.33. The van der Waals surface area contributed by atoms with Crippen molar-refractivity contribution in [3.05, 3.63) is 78.0 Å². The fourth-order valence-corrected chi connectivity index (χ4v) is 3.60. The quantitative estimate of drug-likeness (QED) is 0.511. The van der Waals surface area contributed by atoms with E-state index in [0.717, 1.165) is 34.0 Å². The standard InChI is InChI=1S/C24H24N2O2/c1-16(17-7-8-19-14-21(28-2)10-9-18(19)13-17)24(27)25-12-11-20-15-26-23-6-4-3-5-22(20)23/h3-10,13-16,26H,11-12H2,1-2H3,(H,25,27)/t16-/m0/s1. The molecule has 0 aliphatic rings. The van der Waals surface area contributed by atoms with Gasteiger partial charge in [-0.3, -0.25) is 4.79 Å². The predicted molar refractivity (Wildman–Crippen MR) is 114 cm³/mol. The lowest BCUT2D eigenvalue weighted by atomic mass is 9.97. The van der Waals surface area contributed by atoms with Gasteiger partial charge in [0.05, 0.1) is 13.0 Å². The number of H-pyrrole nitrogens is 1. The zero-order valence-electron chi connectivity index (χ0n) is 16.2. The number of amides is 1. The van der Waals surface area contributed by atoms with Crippen molar-refractivity contribution in [2.75, 3.05) is 13.7 Å². The van der Waals surface area contributed by atoms with Crippen molar-refractivity contribution in [1.29, 1.82) is 0 Å². The Labute approximate surface area is 164 Å². The van der Waals surface area contributed by atoms with Crippen LogP contribution in [0, 0.1) is 0 Å². The number of carbonyl (C=O) groups excluding carboxylic acids is 1. The fraction of sp³-hybridized carbons (Fsp3) is 0.208. The molecule has 0 radical (unpaired) electrons. The first-order valence-electron chi connectivity index (χ1n) is 9.56. The molecule has 0 aliphatic heterocycles. The van der Waals surface area contributed by atoms with E-state index in [-0.39, 0.29) is 11.8 Å². The van der Waals surface area contributed by atoms with E-state index in [0.29, 0.717) is 6.54 Å². The van der Waals surface area contributed by atoms with Crippen LogP contribution >= 0.6 is 0 Å². The normalized spacial score (nSPS) is 12.2. The molecule has 4 aromatic rings. The van der Waals surface area contributed by atoms with Gasteiger partial charge in [-0.15, -0.1) is 0 Å². The summed E-state index contributed by atoms with van der Waals surface area (Å²) in [5, 5.41) is 6.51. The van der Waals surface area contributed by atoms with Gasteiger partial charge in [-0.05, 0) is 53.4 Å². The lowest BCUT2D eigenvalue weighted by molar-refractivity contribution is -0.122. The molecule has 0 spiro atoms. The van der Waals surface area contributed by atoms with E-state index in [2.05, 4.69) is 28.5 Å². The predicted octanol–water partition coefficient (Wildman–Crippen LogP) is 4.79.